The second kappa shape index (κ2) is 13.7. The summed E-state index contributed by atoms with van der Waals surface area (Å²) in [6.45, 7) is 1.69. The minimum atomic E-state index is -4.91. The van der Waals surface area contributed by atoms with Crippen LogP contribution >= 0.6 is 38.6 Å². The molecule has 17 heteroatoms. The highest BCUT2D eigenvalue weighted by atomic mass is 79.9. The Hall–Kier alpha value is -4.61. The van der Waals surface area contributed by atoms with Crippen LogP contribution in [-0.4, -0.2) is 34.6 Å². The van der Waals surface area contributed by atoms with Crippen molar-refractivity contribution in [1.29, 1.82) is 0 Å². The van der Waals surface area contributed by atoms with Crippen molar-refractivity contribution < 1.29 is 50.1 Å². The van der Waals surface area contributed by atoms with E-state index in [4.69, 9.17) is 9.47 Å². The van der Waals surface area contributed by atoms with E-state index in [0.29, 0.717) is 21.3 Å². The molecular weight excluding hydrogens is 764 g/mol. The third-order valence-corrected chi connectivity index (χ3v) is 8.88. The molecule has 1 amide bonds. The third kappa shape index (κ3) is 9.10. The Bertz CT molecular complexity index is 2140. The summed E-state index contributed by atoms with van der Waals surface area (Å²) in [4.78, 5) is 22.0. The molecule has 0 radical (unpaired) electrons. The van der Waals surface area contributed by atoms with Gasteiger partial charge in [0.15, 0.2) is 0 Å². The molecule has 6 aromatic rings. The Kier molecular flexibility index (Phi) is 9.59. The van der Waals surface area contributed by atoms with Gasteiger partial charge in [0.1, 0.15) is 23.0 Å². The quantitative estimate of drug-likeness (QED) is 0.138. The van der Waals surface area contributed by atoms with E-state index in [1.165, 1.54) is 35.6 Å². The van der Waals surface area contributed by atoms with Crippen molar-refractivity contribution in [2.24, 2.45) is 0 Å². The molecular formula is C32H20BrF6N3O5S2. The molecule has 0 fully saturated rings. The van der Waals surface area contributed by atoms with Gasteiger partial charge in [0.25, 0.3) is 16.3 Å². The Labute approximate surface area is 289 Å². The van der Waals surface area contributed by atoms with Gasteiger partial charge in [-0.1, -0.05) is 38.6 Å². The van der Waals surface area contributed by atoms with Crippen molar-refractivity contribution in [2.75, 3.05) is 0 Å². The van der Waals surface area contributed by atoms with Crippen LogP contribution in [0.1, 0.15) is 22.8 Å². The van der Waals surface area contributed by atoms with Crippen LogP contribution in [0.4, 0.5) is 26.3 Å². The summed E-state index contributed by atoms with van der Waals surface area (Å²) in [6, 6.07) is 18.2. The first-order chi connectivity index (χ1) is 23.2. The molecule has 0 aliphatic carbocycles. The van der Waals surface area contributed by atoms with Crippen LogP contribution in [0.25, 0.3) is 20.4 Å². The van der Waals surface area contributed by atoms with Crippen molar-refractivity contribution in [2.45, 2.75) is 32.1 Å². The fourth-order valence-corrected chi connectivity index (χ4v) is 6.87. The lowest BCUT2D eigenvalue weighted by Gasteiger charge is -2.18. The van der Waals surface area contributed by atoms with Crippen molar-refractivity contribution in [1.82, 2.24) is 15.3 Å². The normalized spacial score (nSPS) is 12.6. The summed E-state index contributed by atoms with van der Waals surface area (Å²) >= 11 is 5.79. The number of carbonyl (C=O) groups excluding carboxylic acids is 1. The van der Waals surface area contributed by atoms with E-state index in [1.807, 2.05) is 12.1 Å². The van der Waals surface area contributed by atoms with Crippen LogP contribution in [-0.2, 0) is 6.42 Å². The molecule has 1 N–H and O–H groups in total. The van der Waals surface area contributed by atoms with E-state index in [9.17, 15) is 31.1 Å². The SMILES string of the molecule is C[C@H](Cc1cc(OC(F)(F)F)ccc1Oc1nc2ccc(Br)cc2s1)NC(=O)c1ccc2nc(Oc3ccc(OC(F)(F)F)cc3)sc2c1. The number of ether oxygens (including phenoxy) is 4. The van der Waals surface area contributed by atoms with Gasteiger partial charge >= 0.3 is 12.7 Å². The maximum absolute atomic E-state index is 13.2. The number of carbonyl (C=O) groups is 1. The Morgan fingerprint density at radius 3 is 2.00 bits per heavy atom. The average molecular weight is 785 g/mol. The van der Waals surface area contributed by atoms with E-state index in [2.05, 4.69) is 40.7 Å². The lowest BCUT2D eigenvalue weighted by molar-refractivity contribution is -0.275. The summed E-state index contributed by atoms with van der Waals surface area (Å²) in [7, 11) is 0. The largest absolute Gasteiger partial charge is 0.573 e. The van der Waals surface area contributed by atoms with Gasteiger partial charge < -0.3 is 24.3 Å². The second-order valence-corrected chi connectivity index (χ2v) is 13.3. The number of rotatable bonds is 10. The second-order valence-electron chi connectivity index (χ2n) is 10.4. The number of alkyl halides is 6. The molecule has 0 unspecified atom stereocenters. The van der Waals surface area contributed by atoms with Crippen LogP contribution in [0, 0.1) is 0 Å². The predicted octanol–water partition coefficient (Wildman–Crippen LogP) is 10.4. The fourth-order valence-electron chi connectivity index (χ4n) is 4.61. The number of nitrogens with one attached hydrogen (secondary N) is 1. The van der Waals surface area contributed by atoms with E-state index >= 15 is 0 Å². The summed E-state index contributed by atoms with van der Waals surface area (Å²) < 4.78 is 98.2. The zero-order valence-electron chi connectivity index (χ0n) is 24.7. The number of halogens is 7. The van der Waals surface area contributed by atoms with Crippen LogP contribution < -0.4 is 24.3 Å². The minimum absolute atomic E-state index is 0.0835. The average Bonchev–Trinajstić information content (AvgIpc) is 3.59. The molecule has 0 aliphatic rings. The zero-order chi connectivity index (χ0) is 34.9. The molecule has 2 heterocycles. The third-order valence-electron chi connectivity index (χ3n) is 6.59. The number of aromatic nitrogens is 2. The van der Waals surface area contributed by atoms with E-state index < -0.39 is 36.2 Å². The maximum atomic E-state index is 13.2. The smallest absolute Gasteiger partial charge is 0.431 e. The lowest BCUT2D eigenvalue weighted by Crippen LogP contribution is -2.34. The molecule has 8 nitrogen and oxygen atoms in total. The highest BCUT2D eigenvalue weighted by Gasteiger charge is 2.32. The number of thiazole rings is 2. The summed E-state index contributed by atoms with van der Waals surface area (Å²) in [6.07, 6.45) is -9.64. The number of hydrogen-bond donors (Lipinski definition) is 1. The number of amides is 1. The van der Waals surface area contributed by atoms with Gasteiger partial charge in [-0.25, -0.2) is 9.97 Å². The topological polar surface area (TPSA) is 91.8 Å². The van der Waals surface area contributed by atoms with Crippen LogP contribution in [0.5, 0.6) is 33.4 Å². The summed E-state index contributed by atoms with van der Waals surface area (Å²) in [5.41, 5.74) is 1.84. The van der Waals surface area contributed by atoms with Crippen LogP contribution in [0.3, 0.4) is 0 Å². The molecule has 2 aromatic heterocycles. The van der Waals surface area contributed by atoms with Gasteiger partial charge in [0, 0.05) is 21.6 Å². The van der Waals surface area contributed by atoms with Gasteiger partial charge in [-0.3, -0.25) is 4.79 Å². The first kappa shape index (κ1) is 34.3. The fraction of sp³-hybridized carbons (Fsp3) is 0.156. The molecule has 6 rings (SSSR count). The van der Waals surface area contributed by atoms with Gasteiger partial charge in [0.2, 0.25) is 0 Å². The predicted molar refractivity (Wildman–Crippen MR) is 174 cm³/mol. The van der Waals surface area contributed by atoms with Crippen molar-refractivity contribution >= 4 is 64.9 Å². The number of nitrogens with zero attached hydrogens (tertiary/aromatic N) is 2. The molecule has 0 saturated heterocycles. The Balaban J connectivity index is 1.15. The van der Waals surface area contributed by atoms with E-state index in [0.717, 1.165) is 38.7 Å². The minimum Gasteiger partial charge on any atom is -0.431 e. The summed E-state index contributed by atoms with van der Waals surface area (Å²) in [5.74, 6) is -0.824. The molecule has 254 valence electrons. The van der Waals surface area contributed by atoms with E-state index in [-0.39, 0.29) is 33.9 Å². The van der Waals surface area contributed by atoms with Gasteiger partial charge in [0.05, 0.1) is 20.4 Å². The monoisotopic (exact) mass is 783 g/mol. The van der Waals surface area contributed by atoms with Gasteiger partial charge in [-0.2, -0.15) is 0 Å². The summed E-state index contributed by atoms with van der Waals surface area (Å²) in [5, 5.41) is 3.32. The van der Waals surface area contributed by atoms with Crippen molar-refractivity contribution in [3.05, 3.63) is 94.5 Å². The van der Waals surface area contributed by atoms with Gasteiger partial charge in [-0.05, 0) is 92.2 Å². The van der Waals surface area contributed by atoms with Crippen LogP contribution in [0.15, 0.2) is 83.3 Å². The number of benzene rings is 4. The highest BCUT2D eigenvalue weighted by molar-refractivity contribution is 9.10. The molecule has 0 spiro atoms. The van der Waals surface area contributed by atoms with Gasteiger partial charge in [-0.15, -0.1) is 26.3 Å². The first-order valence-corrected chi connectivity index (χ1v) is 16.5. The molecule has 0 aliphatic heterocycles. The first-order valence-electron chi connectivity index (χ1n) is 14.0. The van der Waals surface area contributed by atoms with Crippen LogP contribution in [0.2, 0.25) is 0 Å². The molecule has 0 saturated carbocycles. The lowest BCUT2D eigenvalue weighted by atomic mass is 10.0. The standard InChI is InChI=1S/C32H20BrF6N3O5S2/c1-16(12-18-13-22(47-32(37,38)39)8-11-25(18)45-30-42-24-10-3-19(33)15-27(24)49-30)40-28(43)17-2-9-23-26(14-17)48-29(41-23)44-20-4-6-21(7-5-20)46-31(34,35)36/h2-11,13-16H,12H2,1H3,(H,40,43)/t16-/m1/s1. The Morgan fingerprint density at radius 1 is 0.755 bits per heavy atom. The number of hydrogen-bond acceptors (Lipinski definition) is 9. The number of fused-ring (bicyclic) bond motifs is 2. The molecule has 4 aromatic carbocycles. The maximum Gasteiger partial charge on any atom is 0.573 e. The van der Waals surface area contributed by atoms with Crippen molar-refractivity contribution in [3.63, 3.8) is 0 Å². The molecule has 49 heavy (non-hydrogen) atoms. The molecule has 1 atom stereocenters. The highest BCUT2D eigenvalue weighted by Crippen LogP contribution is 2.37. The zero-order valence-corrected chi connectivity index (χ0v) is 27.9. The Morgan fingerprint density at radius 2 is 1.33 bits per heavy atom. The van der Waals surface area contributed by atoms with E-state index in [1.54, 1.807) is 31.2 Å². The van der Waals surface area contributed by atoms with Crippen molar-refractivity contribution in [3.8, 4) is 33.4 Å². The molecule has 0 bridgehead atoms.